The van der Waals surface area contributed by atoms with E-state index in [-0.39, 0.29) is 6.61 Å². The third-order valence-corrected chi connectivity index (χ3v) is 3.88. The van der Waals surface area contributed by atoms with E-state index >= 15 is 0 Å². The second-order valence-corrected chi connectivity index (χ2v) is 5.52. The minimum Gasteiger partial charge on any atom is -0.496 e. The molecule has 1 heterocycles. The van der Waals surface area contributed by atoms with Crippen molar-refractivity contribution in [1.82, 2.24) is 0 Å². The molecule has 0 unspecified atom stereocenters. The molecule has 128 valence electrons. The van der Waals surface area contributed by atoms with Crippen LogP contribution in [0.4, 0.5) is 0 Å². The quantitative estimate of drug-likeness (QED) is 0.476. The summed E-state index contributed by atoms with van der Waals surface area (Å²) in [4.78, 5) is 24.3. The lowest BCUT2D eigenvalue weighted by molar-refractivity contribution is -0.156. The van der Waals surface area contributed by atoms with E-state index in [0.29, 0.717) is 23.3 Å². The molecule has 2 aromatic rings. The van der Waals surface area contributed by atoms with Crippen molar-refractivity contribution in [2.75, 3.05) is 13.7 Å². The van der Waals surface area contributed by atoms with E-state index in [0.717, 1.165) is 5.56 Å². The Kier molecular flexibility index (Phi) is 5.14. The molecule has 0 amide bonds. The minimum absolute atomic E-state index is 0.272. The lowest BCUT2D eigenvalue weighted by Crippen LogP contribution is -2.23. The van der Waals surface area contributed by atoms with Crippen molar-refractivity contribution < 1.29 is 23.8 Å². The maximum absolute atomic E-state index is 12.7. The van der Waals surface area contributed by atoms with Gasteiger partial charge in [0.05, 0.1) is 19.3 Å². The second kappa shape index (κ2) is 7.66. The van der Waals surface area contributed by atoms with Gasteiger partial charge in [0.2, 0.25) is 6.10 Å². The van der Waals surface area contributed by atoms with Gasteiger partial charge in [-0.05, 0) is 17.7 Å². The molecule has 1 atom stereocenters. The lowest BCUT2D eigenvalue weighted by Gasteiger charge is -2.12. The third-order valence-electron chi connectivity index (χ3n) is 3.88. The van der Waals surface area contributed by atoms with Crippen molar-refractivity contribution in [2.24, 2.45) is 0 Å². The molecule has 1 saturated heterocycles. The van der Waals surface area contributed by atoms with Crippen LogP contribution in [0.3, 0.4) is 0 Å². The largest absolute Gasteiger partial charge is 0.496 e. The smallest absolute Gasteiger partial charge is 0.347 e. The highest BCUT2D eigenvalue weighted by Gasteiger charge is 2.31. The van der Waals surface area contributed by atoms with Crippen molar-refractivity contribution >= 4 is 23.6 Å². The number of carbonyl (C=O) groups excluding carboxylic acids is 2. The van der Waals surface area contributed by atoms with Gasteiger partial charge in [-0.2, -0.15) is 0 Å². The van der Waals surface area contributed by atoms with E-state index in [2.05, 4.69) is 0 Å². The van der Waals surface area contributed by atoms with E-state index in [1.807, 2.05) is 54.6 Å². The average molecular weight is 338 g/mol. The van der Waals surface area contributed by atoms with Crippen LogP contribution in [0.1, 0.15) is 17.5 Å². The van der Waals surface area contributed by atoms with Crippen molar-refractivity contribution in [3.05, 3.63) is 65.7 Å². The minimum atomic E-state index is -0.850. The molecule has 5 nitrogen and oxygen atoms in total. The number of hydrogen-bond acceptors (Lipinski definition) is 5. The summed E-state index contributed by atoms with van der Waals surface area (Å²) < 4.78 is 15.6. The summed E-state index contributed by atoms with van der Waals surface area (Å²) in [6, 6.07) is 16.5. The first kappa shape index (κ1) is 16.8. The average Bonchev–Trinajstić information content (AvgIpc) is 3.05. The maximum Gasteiger partial charge on any atom is 0.347 e. The van der Waals surface area contributed by atoms with Gasteiger partial charge in [-0.3, -0.25) is 0 Å². The second-order valence-electron chi connectivity index (χ2n) is 5.52. The number of carbonyl (C=O) groups is 2. The van der Waals surface area contributed by atoms with E-state index < -0.39 is 18.0 Å². The van der Waals surface area contributed by atoms with Crippen LogP contribution in [0.25, 0.3) is 11.6 Å². The number of ether oxygens (including phenoxy) is 3. The van der Waals surface area contributed by atoms with Crippen molar-refractivity contribution in [3.63, 3.8) is 0 Å². The summed E-state index contributed by atoms with van der Waals surface area (Å²) in [5.74, 6) is -0.428. The fraction of sp³-hybridized carbons (Fsp3) is 0.200. The summed E-state index contributed by atoms with van der Waals surface area (Å²) in [7, 11) is 1.57. The molecule has 1 fully saturated rings. The molecule has 3 rings (SSSR count). The zero-order valence-corrected chi connectivity index (χ0v) is 13.8. The summed E-state index contributed by atoms with van der Waals surface area (Å²) in [5, 5.41) is 0. The SMILES string of the molecule is COc1ccccc1/C=C(\C(=O)O[C@H]1CCOC1=O)c1ccccc1. The van der Waals surface area contributed by atoms with Crippen LogP contribution in [0.5, 0.6) is 5.75 Å². The molecule has 1 aliphatic rings. The number of esters is 2. The van der Waals surface area contributed by atoms with Gasteiger partial charge in [0.1, 0.15) is 5.75 Å². The highest BCUT2D eigenvalue weighted by atomic mass is 16.6. The monoisotopic (exact) mass is 338 g/mol. The van der Waals surface area contributed by atoms with Crippen LogP contribution >= 0.6 is 0 Å². The Bertz CT molecular complexity index is 795. The highest BCUT2D eigenvalue weighted by Crippen LogP contribution is 2.26. The number of methoxy groups -OCH3 is 1. The highest BCUT2D eigenvalue weighted by molar-refractivity contribution is 6.22. The molecule has 0 spiro atoms. The number of benzene rings is 2. The van der Waals surface area contributed by atoms with Crippen molar-refractivity contribution in [3.8, 4) is 5.75 Å². The Balaban J connectivity index is 1.96. The Morgan fingerprint density at radius 3 is 2.52 bits per heavy atom. The standard InChI is InChI=1S/C20H18O5/c1-23-17-10-6-5-9-15(17)13-16(14-7-3-2-4-8-14)19(21)25-18-11-12-24-20(18)22/h2-10,13,18H,11-12H2,1H3/b16-13-/t18-/m0/s1. The molecular formula is C20H18O5. The number of rotatable bonds is 5. The topological polar surface area (TPSA) is 61.8 Å². The summed E-state index contributed by atoms with van der Waals surface area (Å²) >= 11 is 0. The van der Waals surface area contributed by atoms with Crippen LogP contribution in [-0.4, -0.2) is 31.8 Å². The van der Waals surface area contributed by atoms with Crippen LogP contribution in [0.2, 0.25) is 0 Å². The zero-order valence-electron chi connectivity index (χ0n) is 13.8. The van der Waals surface area contributed by atoms with Gasteiger partial charge in [-0.25, -0.2) is 9.59 Å². The van der Waals surface area contributed by atoms with Gasteiger partial charge in [-0.15, -0.1) is 0 Å². The van der Waals surface area contributed by atoms with E-state index in [1.165, 1.54) is 0 Å². The Hall–Kier alpha value is -3.08. The first-order valence-electron chi connectivity index (χ1n) is 7.97. The van der Waals surface area contributed by atoms with Gasteiger partial charge in [0, 0.05) is 12.0 Å². The van der Waals surface area contributed by atoms with E-state index in [1.54, 1.807) is 13.2 Å². The first-order valence-corrected chi connectivity index (χ1v) is 7.97. The van der Waals surface area contributed by atoms with Crippen LogP contribution < -0.4 is 4.74 Å². The van der Waals surface area contributed by atoms with Gasteiger partial charge < -0.3 is 14.2 Å². The van der Waals surface area contributed by atoms with Crippen LogP contribution in [0.15, 0.2) is 54.6 Å². The fourth-order valence-corrected chi connectivity index (χ4v) is 2.60. The predicted octanol–water partition coefficient (Wildman–Crippen LogP) is 3.09. The molecular weight excluding hydrogens is 320 g/mol. The molecule has 25 heavy (non-hydrogen) atoms. The summed E-state index contributed by atoms with van der Waals surface area (Å²) in [5.41, 5.74) is 1.80. The fourth-order valence-electron chi connectivity index (χ4n) is 2.60. The molecule has 0 saturated carbocycles. The van der Waals surface area contributed by atoms with Crippen molar-refractivity contribution in [2.45, 2.75) is 12.5 Å². The van der Waals surface area contributed by atoms with Gasteiger partial charge in [0.15, 0.2) is 0 Å². The molecule has 5 heteroatoms. The molecule has 0 N–H and O–H groups in total. The van der Waals surface area contributed by atoms with E-state index in [4.69, 9.17) is 14.2 Å². The third kappa shape index (κ3) is 3.88. The van der Waals surface area contributed by atoms with E-state index in [9.17, 15) is 9.59 Å². The molecule has 0 aromatic heterocycles. The van der Waals surface area contributed by atoms with Gasteiger partial charge >= 0.3 is 11.9 Å². The van der Waals surface area contributed by atoms with Crippen LogP contribution in [0, 0.1) is 0 Å². The van der Waals surface area contributed by atoms with Crippen molar-refractivity contribution in [1.29, 1.82) is 0 Å². The number of hydrogen-bond donors (Lipinski definition) is 0. The molecule has 0 radical (unpaired) electrons. The normalized spacial score (nSPS) is 17.1. The van der Waals surface area contributed by atoms with Crippen LogP contribution in [-0.2, 0) is 19.1 Å². The zero-order chi connectivity index (χ0) is 17.6. The number of para-hydroxylation sites is 1. The lowest BCUT2D eigenvalue weighted by atomic mass is 10.0. The first-order chi connectivity index (χ1) is 12.2. The molecule has 2 aromatic carbocycles. The maximum atomic E-state index is 12.7. The Morgan fingerprint density at radius 1 is 1.12 bits per heavy atom. The van der Waals surface area contributed by atoms with Gasteiger partial charge in [0.25, 0.3) is 0 Å². The predicted molar refractivity (Wildman–Crippen MR) is 92.8 cm³/mol. The van der Waals surface area contributed by atoms with Gasteiger partial charge in [-0.1, -0.05) is 48.5 Å². The Labute approximate surface area is 145 Å². The molecule has 0 bridgehead atoms. The number of cyclic esters (lactones) is 1. The summed E-state index contributed by atoms with van der Waals surface area (Å²) in [6.07, 6.45) is 1.23. The molecule has 1 aliphatic heterocycles. The Morgan fingerprint density at radius 2 is 1.84 bits per heavy atom. The molecule has 0 aliphatic carbocycles. The summed E-state index contributed by atoms with van der Waals surface area (Å²) in [6.45, 7) is 0.272.